The predicted molar refractivity (Wildman–Crippen MR) is 41.5 cm³/mol. The zero-order valence-corrected chi connectivity index (χ0v) is 6.37. The number of nitrogens with one attached hydrogen (secondary N) is 1. The van der Waals surface area contributed by atoms with Crippen molar-refractivity contribution < 1.29 is 4.79 Å². The van der Waals surface area contributed by atoms with Crippen LogP contribution in [0, 0.1) is 0 Å². The summed E-state index contributed by atoms with van der Waals surface area (Å²) in [4.78, 5) is 11.2. The summed E-state index contributed by atoms with van der Waals surface area (Å²) in [5.74, 6) is 0.0353. The fraction of sp³-hybridized carbons (Fsp3) is 0.375. The van der Waals surface area contributed by atoms with Crippen molar-refractivity contribution in [2.75, 3.05) is 6.54 Å². The summed E-state index contributed by atoms with van der Waals surface area (Å²) in [6, 6.07) is 4.12. The second-order valence-electron chi connectivity index (χ2n) is 2.86. The van der Waals surface area contributed by atoms with Gasteiger partial charge in [-0.15, -0.1) is 0 Å². The van der Waals surface area contributed by atoms with Gasteiger partial charge in [-0.2, -0.15) is 0 Å². The Bertz CT molecular complexity index is 290. The van der Waals surface area contributed by atoms with Crippen LogP contribution < -0.4 is 5.32 Å². The molecule has 2 heterocycles. The maximum atomic E-state index is 11.2. The highest BCUT2D eigenvalue weighted by atomic mass is 16.2. The summed E-state index contributed by atoms with van der Waals surface area (Å²) in [6.45, 7) is 2.82. The van der Waals surface area contributed by atoms with Crippen molar-refractivity contribution in [1.82, 2.24) is 9.88 Å². The third-order valence-corrected chi connectivity index (χ3v) is 2.04. The van der Waals surface area contributed by atoms with Gasteiger partial charge in [-0.3, -0.25) is 4.79 Å². The highest BCUT2D eigenvalue weighted by Gasteiger charge is 2.19. The van der Waals surface area contributed by atoms with Crippen molar-refractivity contribution in [1.29, 1.82) is 0 Å². The molecule has 0 radical (unpaired) electrons. The van der Waals surface area contributed by atoms with Crippen LogP contribution in [0.2, 0.25) is 0 Å². The third kappa shape index (κ3) is 0.843. The normalized spacial score (nSPS) is 22.6. The van der Waals surface area contributed by atoms with Crippen LogP contribution in [0.5, 0.6) is 0 Å². The molecule has 0 saturated heterocycles. The monoisotopic (exact) mass is 150 g/mol. The number of hydrogen-bond acceptors (Lipinski definition) is 1. The number of nitrogens with zero attached hydrogens (tertiary/aromatic N) is 1. The van der Waals surface area contributed by atoms with E-state index in [9.17, 15) is 4.79 Å². The van der Waals surface area contributed by atoms with Crippen molar-refractivity contribution in [2.24, 2.45) is 0 Å². The van der Waals surface area contributed by atoms with Gasteiger partial charge in [-0.1, -0.05) is 0 Å². The topological polar surface area (TPSA) is 34.0 Å². The van der Waals surface area contributed by atoms with Gasteiger partial charge in [0.05, 0.1) is 0 Å². The molecule has 1 atom stereocenters. The van der Waals surface area contributed by atoms with E-state index in [1.807, 2.05) is 22.9 Å². The number of amides is 1. The average molecular weight is 150 g/mol. The van der Waals surface area contributed by atoms with E-state index in [1.54, 1.807) is 0 Å². The first-order chi connectivity index (χ1) is 5.29. The average Bonchev–Trinajstić information content (AvgIpc) is 2.45. The number of fused-ring (bicyclic) bond motifs is 1. The molecule has 0 spiro atoms. The molecule has 1 N–H and O–H groups in total. The molecule has 1 aromatic heterocycles. The van der Waals surface area contributed by atoms with Gasteiger partial charge in [-0.05, 0) is 19.1 Å². The number of rotatable bonds is 0. The summed E-state index contributed by atoms with van der Waals surface area (Å²) >= 11 is 0. The number of aromatic nitrogens is 1. The first-order valence-electron chi connectivity index (χ1n) is 3.74. The fourth-order valence-electron chi connectivity index (χ4n) is 1.40. The molecule has 1 unspecified atom stereocenters. The molecule has 0 aliphatic carbocycles. The minimum atomic E-state index is 0.0353. The Morgan fingerprint density at radius 2 is 2.55 bits per heavy atom. The van der Waals surface area contributed by atoms with Crippen molar-refractivity contribution in [3.63, 3.8) is 0 Å². The number of carbonyl (C=O) groups is 1. The molecule has 1 aromatic rings. The van der Waals surface area contributed by atoms with Crippen LogP contribution in [-0.4, -0.2) is 17.0 Å². The van der Waals surface area contributed by atoms with Crippen molar-refractivity contribution in [3.05, 3.63) is 24.0 Å². The smallest absolute Gasteiger partial charge is 0.267 e. The van der Waals surface area contributed by atoms with Crippen LogP contribution in [0.25, 0.3) is 0 Å². The lowest BCUT2D eigenvalue weighted by Crippen LogP contribution is -2.37. The molecular formula is C8H10N2O. The summed E-state index contributed by atoms with van der Waals surface area (Å²) in [7, 11) is 0. The molecule has 1 aliphatic heterocycles. The second-order valence-corrected chi connectivity index (χ2v) is 2.86. The van der Waals surface area contributed by atoms with E-state index in [1.165, 1.54) is 0 Å². The van der Waals surface area contributed by atoms with Crippen molar-refractivity contribution in [3.8, 4) is 0 Å². The lowest BCUT2D eigenvalue weighted by Gasteiger charge is -2.22. The van der Waals surface area contributed by atoms with Gasteiger partial charge in [0.15, 0.2) is 0 Å². The summed E-state index contributed by atoms with van der Waals surface area (Å²) in [6.07, 6.45) is 1.94. The molecule has 1 aliphatic rings. The van der Waals surface area contributed by atoms with E-state index in [4.69, 9.17) is 0 Å². The van der Waals surface area contributed by atoms with E-state index in [2.05, 4.69) is 12.2 Å². The Balaban J connectivity index is 2.51. The van der Waals surface area contributed by atoms with Gasteiger partial charge in [0.1, 0.15) is 5.69 Å². The SMILES string of the molecule is CC1CNC(=O)c2cccn21. The van der Waals surface area contributed by atoms with E-state index in [0.29, 0.717) is 6.04 Å². The molecule has 3 heteroatoms. The van der Waals surface area contributed by atoms with Gasteiger partial charge < -0.3 is 9.88 Å². The van der Waals surface area contributed by atoms with Crippen LogP contribution in [-0.2, 0) is 0 Å². The molecular weight excluding hydrogens is 140 g/mol. The Morgan fingerprint density at radius 3 is 3.27 bits per heavy atom. The van der Waals surface area contributed by atoms with Gasteiger partial charge >= 0.3 is 0 Å². The van der Waals surface area contributed by atoms with Gasteiger partial charge in [0, 0.05) is 18.8 Å². The van der Waals surface area contributed by atoms with E-state index in [0.717, 1.165) is 12.2 Å². The maximum absolute atomic E-state index is 11.2. The highest BCUT2D eigenvalue weighted by molar-refractivity contribution is 5.93. The van der Waals surface area contributed by atoms with Crippen LogP contribution in [0.3, 0.4) is 0 Å². The largest absolute Gasteiger partial charge is 0.349 e. The fourth-order valence-corrected chi connectivity index (χ4v) is 1.40. The zero-order chi connectivity index (χ0) is 7.84. The molecule has 0 aromatic carbocycles. The Morgan fingerprint density at radius 1 is 1.73 bits per heavy atom. The lowest BCUT2D eigenvalue weighted by atomic mass is 10.2. The van der Waals surface area contributed by atoms with Crippen LogP contribution in [0.4, 0.5) is 0 Å². The van der Waals surface area contributed by atoms with Crippen LogP contribution in [0.15, 0.2) is 18.3 Å². The molecule has 0 bridgehead atoms. The minimum Gasteiger partial charge on any atom is -0.349 e. The quantitative estimate of drug-likeness (QED) is 0.583. The molecule has 11 heavy (non-hydrogen) atoms. The Kier molecular flexibility index (Phi) is 1.24. The van der Waals surface area contributed by atoms with Crippen LogP contribution in [0.1, 0.15) is 23.5 Å². The molecule has 2 rings (SSSR count). The lowest BCUT2D eigenvalue weighted by molar-refractivity contribution is 0.0918. The molecule has 3 nitrogen and oxygen atoms in total. The molecule has 0 saturated carbocycles. The zero-order valence-electron chi connectivity index (χ0n) is 6.37. The summed E-state index contributed by atoms with van der Waals surface area (Å²) in [5, 5.41) is 2.81. The first-order valence-corrected chi connectivity index (χ1v) is 3.74. The highest BCUT2D eigenvalue weighted by Crippen LogP contribution is 2.14. The molecule has 58 valence electrons. The Hall–Kier alpha value is -1.25. The second kappa shape index (κ2) is 2.12. The van der Waals surface area contributed by atoms with Gasteiger partial charge in [0.2, 0.25) is 0 Å². The minimum absolute atomic E-state index is 0.0353. The van der Waals surface area contributed by atoms with Crippen LogP contribution >= 0.6 is 0 Å². The van der Waals surface area contributed by atoms with E-state index >= 15 is 0 Å². The number of carbonyl (C=O) groups excluding carboxylic acids is 1. The predicted octanol–water partition coefficient (Wildman–Crippen LogP) is 0.792. The van der Waals surface area contributed by atoms with Crippen molar-refractivity contribution >= 4 is 5.91 Å². The third-order valence-electron chi connectivity index (χ3n) is 2.04. The van der Waals surface area contributed by atoms with E-state index < -0.39 is 0 Å². The van der Waals surface area contributed by atoms with Crippen molar-refractivity contribution in [2.45, 2.75) is 13.0 Å². The van der Waals surface area contributed by atoms with Gasteiger partial charge in [-0.25, -0.2) is 0 Å². The molecule has 0 fully saturated rings. The summed E-state index contributed by atoms with van der Waals surface area (Å²) < 4.78 is 2.00. The standard InChI is InChI=1S/C8H10N2O/c1-6-5-9-8(11)7-3-2-4-10(6)7/h2-4,6H,5H2,1H3,(H,9,11). The Labute approximate surface area is 65.0 Å². The van der Waals surface area contributed by atoms with Gasteiger partial charge in [0.25, 0.3) is 5.91 Å². The maximum Gasteiger partial charge on any atom is 0.267 e. The van der Waals surface area contributed by atoms with E-state index in [-0.39, 0.29) is 5.91 Å². The molecule has 1 amide bonds. The summed E-state index contributed by atoms with van der Waals surface area (Å²) in [5.41, 5.74) is 0.767. The number of hydrogen-bond donors (Lipinski definition) is 1. The first kappa shape index (κ1) is 6.46.